The van der Waals surface area contributed by atoms with Gasteiger partial charge >= 0.3 is 0 Å². The summed E-state index contributed by atoms with van der Waals surface area (Å²) >= 11 is 0. The van der Waals surface area contributed by atoms with Crippen molar-refractivity contribution in [2.75, 3.05) is 7.11 Å². The summed E-state index contributed by atoms with van der Waals surface area (Å²) in [6.07, 6.45) is 0. The Kier molecular flexibility index (Phi) is 7.65. The average Bonchev–Trinajstić information content (AvgIpc) is 2.70. The zero-order valence-electron chi connectivity index (χ0n) is 17.7. The van der Waals surface area contributed by atoms with Crippen LogP contribution in [-0.4, -0.2) is 25.0 Å². The molecule has 0 saturated heterocycles. The third-order valence-electron chi connectivity index (χ3n) is 4.35. The van der Waals surface area contributed by atoms with E-state index < -0.39 is 11.5 Å². The molecular formula is C23H30N2O4. The van der Waals surface area contributed by atoms with Crippen molar-refractivity contribution >= 4 is 11.8 Å². The van der Waals surface area contributed by atoms with Crippen LogP contribution in [0.25, 0.3) is 0 Å². The fraction of sp³-hybridized carbons (Fsp3) is 0.391. The summed E-state index contributed by atoms with van der Waals surface area (Å²) in [5, 5.41) is 5.56. The van der Waals surface area contributed by atoms with Gasteiger partial charge in [-0.25, -0.2) is 0 Å². The number of hydrogen-bond donors (Lipinski definition) is 2. The van der Waals surface area contributed by atoms with E-state index in [4.69, 9.17) is 9.47 Å². The van der Waals surface area contributed by atoms with Crippen molar-refractivity contribution in [1.82, 2.24) is 10.6 Å². The van der Waals surface area contributed by atoms with Gasteiger partial charge in [0.1, 0.15) is 12.6 Å². The lowest BCUT2D eigenvalue weighted by Crippen LogP contribution is -2.48. The summed E-state index contributed by atoms with van der Waals surface area (Å²) < 4.78 is 11.3. The maximum absolute atomic E-state index is 12.3. The highest BCUT2D eigenvalue weighted by Gasteiger charge is 2.24. The SMILES string of the molecule is COc1cc(CNC(=O)C(C)NC(=O)C(C)(C)C)ccc1OCc1ccccc1. The lowest BCUT2D eigenvalue weighted by molar-refractivity contribution is -0.133. The Balaban J connectivity index is 1.92. The van der Waals surface area contributed by atoms with Crippen molar-refractivity contribution in [2.45, 2.75) is 46.9 Å². The Morgan fingerprint density at radius 3 is 2.31 bits per heavy atom. The quantitative estimate of drug-likeness (QED) is 0.714. The van der Waals surface area contributed by atoms with Crippen LogP contribution >= 0.6 is 0 Å². The lowest BCUT2D eigenvalue weighted by atomic mass is 9.95. The summed E-state index contributed by atoms with van der Waals surface area (Å²) in [4.78, 5) is 24.3. The van der Waals surface area contributed by atoms with Gasteiger partial charge in [0.25, 0.3) is 0 Å². The number of nitrogens with one attached hydrogen (secondary N) is 2. The highest BCUT2D eigenvalue weighted by Crippen LogP contribution is 2.28. The van der Waals surface area contributed by atoms with E-state index in [0.29, 0.717) is 24.7 Å². The van der Waals surface area contributed by atoms with Crippen LogP contribution in [0.15, 0.2) is 48.5 Å². The fourth-order valence-electron chi connectivity index (χ4n) is 2.50. The van der Waals surface area contributed by atoms with E-state index in [-0.39, 0.29) is 11.8 Å². The van der Waals surface area contributed by atoms with Crippen LogP contribution in [0.2, 0.25) is 0 Å². The molecule has 6 heteroatoms. The van der Waals surface area contributed by atoms with Gasteiger partial charge in [0.15, 0.2) is 11.5 Å². The molecule has 2 amide bonds. The molecule has 2 N–H and O–H groups in total. The molecule has 2 aromatic carbocycles. The molecule has 0 saturated carbocycles. The van der Waals surface area contributed by atoms with Gasteiger partial charge in [0, 0.05) is 12.0 Å². The summed E-state index contributed by atoms with van der Waals surface area (Å²) in [5.41, 5.74) is 1.39. The smallest absolute Gasteiger partial charge is 0.242 e. The number of rotatable bonds is 8. The van der Waals surface area contributed by atoms with Crippen molar-refractivity contribution in [3.05, 3.63) is 59.7 Å². The Morgan fingerprint density at radius 2 is 1.69 bits per heavy atom. The maximum atomic E-state index is 12.3. The normalized spacial score (nSPS) is 12.0. The molecule has 2 rings (SSSR count). The molecule has 0 aliphatic rings. The van der Waals surface area contributed by atoms with E-state index in [1.165, 1.54) is 0 Å². The topological polar surface area (TPSA) is 76.7 Å². The number of carbonyl (C=O) groups is 2. The van der Waals surface area contributed by atoms with Crippen molar-refractivity contribution in [1.29, 1.82) is 0 Å². The summed E-state index contributed by atoms with van der Waals surface area (Å²) in [7, 11) is 1.58. The average molecular weight is 399 g/mol. The van der Waals surface area contributed by atoms with Crippen LogP contribution in [0.5, 0.6) is 11.5 Å². The van der Waals surface area contributed by atoms with Gasteiger partial charge in [-0.15, -0.1) is 0 Å². The van der Waals surface area contributed by atoms with E-state index in [9.17, 15) is 9.59 Å². The Hall–Kier alpha value is -3.02. The summed E-state index contributed by atoms with van der Waals surface area (Å²) in [5.74, 6) is 0.826. The molecule has 0 aliphatic carbocycles. The van der Waals surface area contributed by atoms with Gasteiger partial charge in [-0.3, -0.25) is 9.59 Å². The molecule has 0 fully saturated rings. The molecular weight excluding hydrogens is 368 g/mol. The monoisotopic (exact) mass is 398 g/mol. The van der Waals surface area contributed by atoms with E-state index in [1.807, 2.05) is 48.5 Å². The maximum Gasteiger partial charge on any atom is 0.242 e. The van der Waals surface area contributed by atoms with Gasteiger partial charge in [-0.1, -0.05) is 57.2 Å². The predicted octanol–water partition coefficient (Wildman–Crippen LogP) is 3.44. The van der Waals surface area contributed by atoms with Gasteiger partial charge in [0.2, 0.25) is 11.8 Å². The largest absolute Gasteiger partial charge is 0.493 e. The van der Waals surface area contributed by atoms with Crippen molar-refractivity contribution in [3.63, 3.8) is 0 Å². The number of carbonyl (C=O) groups excluding carboxylic acids is 2. The lowest BCUT2D eigenvalue weighted by Gasteiger charge is -2.21. The minimum absolute atomic E-state index is 0.165. The molecule has 1 unspecified atom stereocenters. The van der Waals surface area contributed by atoms with Crippen LogP contribution in [0.1, 0.15) is 38.8 Å². The summed E-state index contributed by atoms with van der Waals surface area (Å²) in [6.45, 7) is 7.85. The number of ether oxygens (including phenoxy) is 2. The zero-order chi connectivity index (χ0) is 21.4. The van der Waals surface area contributed by atoms with Crippen LogP contribution in [0, 0.1) is 5.41 Å². The second kappa shape index (κ2) is 9.96. The Bertz CT molecular complexity index is 829. The molecule has 2 aromatic rings. The first-order chi connectivity index (χ1) is 13.7. The van der Waals surface area contributed by atoms with Crippen molar-refractivity contribution in [3.8, 4) is 11.5 Å². The second-order valence-corrected chi connectivity index (χ2v) is 7.92. The van der Waals surface area contributed by atoms with Gasteiger partial charge < -0.3 is 20.1 Å². The second-order valence-electron chi connectivity index (χ2n) is 7.92. The molecule has 0 aliphatic heterocycles. The molecule has 156 valence electrons. The third kappa shape index (κ3) is 6.82. The number of amides is 2. The molecule has 29 heavy (non-hydrogen) atoms. The highest BCUT2D eigenvalue weighted by atomic mass is 16.5. The number of methoxy groups -OCH3 is 1. The van der Waals surface area contributed by atoms with Crippen molar-refractivity contribution in [2.24, 2.45) is 5.41 Å². The van der Waals surface area contributed by atoms with E-state index >= 15 is 0 Å². The van der Waals surface area contributed by atoms with E-state index in [1.54, 1.807) is 34.8 Å². The standard InChI is InChI=1S/C23H30N2O4/c1-16(25-22(27)23(2,3)4)21(26)24-14-18-11-12-19(20(13-18)28-5)29-15-17-9-7-6-8-10-17/h6-13,16H,14-15H2,1-5H3,(H,24,26)(H,25,27). The molecule has 0 heterocycles. The molecule has 0 radical (unpaired) electrons. The zero-order valence-corrected chi connectivity index (χ0v) is 17.7. The first kappa shape index (κ1) is 22.3. The van der Waals surface area contributed by atoms with Crippen LogP contribution in [-0.2, 0) is 22.7 Å². The minimum Gasteiger partial charge on any atom is -0.493 e. The van der Waals surface area contributed by atoms with Crippen LogP contribution in [0.3, 0.4) is 0 Å². The molecule has 0 aromatic heterocycles. The molecule has 6 nitrogen and oxygen atoms in total. The first-order valence-corrected chi connectivity index (χ1v) is 9.63. The molecule has 0 spiro atoms. The first-order valence-electron chi connectivity index (χ1n) is 9.63. The minimum atomic E-state index is -0.614. The molecule has 1 atom stereocenters. The van der Waals surface area contributed by atoms with Gasteiger partial charge in [-0.05, 0) is 30.2 Å². The van der Waals surface area contributed by atoms with Crippen molar-refractivity contribution < 1.29 is 19.1 Å². The Labute approximate surface area is 172 Å². The predicted molar refractivity (Wildman–Crippen MR) is 113 cm³/mol. The van der Waals surface area contributed by atoms with Gasteiger partial charge in [-0.2, -0.15) is 0 Å². The number of hydrogen-bond acceptors (Lipinski definition) is 4. The highest BCUT2D eigenvalue weighted by molar-refractivity contribution is 5.89. The number of benzene rings is 2. The fourth-order valence-corrected chi connectivity index (χ4v) is 2.50. The van der Waals surface area contributed by atoms with Crippen LogP contribution < -0.4 is 20.1 Å². The van der Waals surface area contributed by atoms with Gasteiger partial charge in [0.05, 0.1) is 7.11 Å². The van der Waals surface area contributed by atoms with E-state index in [0.717, 1.165) is 11.1 Å². The molecule has 0 bridgehead atoms. The third-order valence-corrected chi connectivity index (χ3v) is 4.35. The Morgan fingerprint density at radius 1 is 1.00 bits per heavy atom. The van der Waals surface area contributed by atoms with E-state index in [2.05, 4.69) is 10.6 Å². The summed E-state index contributed by atoms with van der Waals surface area (Å²) in [6, 6.07) is 14.8. The van der Waals surface area contributed by atoms with Crippen LogP contribution in [0.4, 0.5) is 0 Å².